The first-order chi connectivity index (χ1) is 5.33. The molecular weight excluding hydrogens is 145 g/mol. The SMILES string of the molecule is O/N=C\Cc1ccc(F)cc1. The summed E-state index contributed by atoms with van der Waals surface area (Å²) in [6.45, 7) is 0. The highest BCUT2D eigenvalue weighted by Crippen LogP contribution is 2.01. The summed E-state index contributed by atoms with van der Waals surface area (Å²) in [7, 11) is 0. The van der Waals surface area contributed by atoms with Gasteiger partial charge in [-0.1, -0.05) is 12.1 Å². The molecule has 1 rings (SSSR count). The van der Waals surface area contributed by atoms with E-state index in [4.69, 9.17) is 5.21 Å². The second kappa shape index (κ2) is 3.71. The molecule has 0 aromatic heterocycles. The first-order valence-electron chi connectivity index (χ1n) is 3.23. The van der Waals surface area contributed by atoms with Crippen molar-refractivity contribution >= 4 is 6.21 Å². The van der Waals surface area contributed by atoms with Crippen LogP contribution in [0, 0.1) is 5.82 Å². The van der Waals surface area contributed by atoms with Gasteiger partial charge in [0.05, 0.1) is 0 Å². The van der Waals surface area contributed by atoms with Gasteiger partial charge in [0.2, 0.25) is 0 Å². The third kappa shape index (κ3) is 2.37. The maximum absolute atomic E-state index is 12.3. The van der Waals surface area contributed by atoms with Crippen molar-refractivity contribution in [3.05, 3.63) is 35.6 Å². The minimum atomic E-state index is -0.255. The Labute approximate surface area is 64.0 Å². The molecule has 0 atom stereocenters. The molecule has 0 saturated carbocycles. The average molecular weight is 153 g/mol. The van der Waals surface area contributed by atoms with Crippen LogP contribution in [0.4, 0.5) is 4.39 Å². The second-order valence-electron chi connectivity index (χ2n) is 2.13. The highest BCUT2D eigenvalue weighted by atomic mass is 19.1. The van der Waals surface area contributed by atoms with E-state index >= 15 is 0 Å². The lowest BCUT2D eigenvalue weighted by atomic mass is 10.2. The summed E-state index contributed by atoms with van der Waals surface area (Å²) in [5, 5.41) is 10.9. The zero-order valence-corrected chi connectivity index (χ0v) is 5.87. The number of rotatable bonds is 2. The predicted molar refractivity (Wildman–Crippen MR) is 40.4 cm³/mol. The minimum Gasteiger partial charge on any atom is -0.411 e. The van der Waals surface area contributed by atoms with Crippen molar-refractivity contribution in [2.75, 3.05) is 0 Å². The third-order valence-corrected chi connectivity index (χ3v) is 1.32. The van der Waals surface area contributed by atoms with Crippen molar-refractivity contribution < 1.29 is 9.60 Å². The van der Waals surface area contributed by atoms with Crippen LogP contribution in [-0.4, -0.2) is 11.4 Å². The maximum atomic E-state index is 12.3. The van der Waals surface area contributed by atoms with Crippen molar-refractivity contribution in [2.24, 2.45) is 5.16 Å². The molecule has 1 aromatic rings. The Hall–Kier alpha value is -1.38. The molecule has 2 nitrogen and oxygen atoms in total. The van der Waals surface area contributed by atoms with Crippen molar-refractivity contribution in [3.63, 3.8) is 0 Å². The monoisotopic (exact) mass is 153 g/mol. The molecule has 0 aliphatic rings. The standard InChI is InChI=1S/C8H8FNO/c9-8-3-1-7(2-4-8)5-6-10-11/h1-4,6,11H,5H2/b10-6-. The van der Waals surface area contributed by atoms with Crippen molar-refractivity contribution in [1.82, 2.24) is 0 Å². The van der Waals surface area contributed by atoms with Gasteiger partial charge in [-0.25, -0.2) is 4.39 Å². The Balaban J connectivity index is 2.66. The quantitative estimate of drug-likeness (QED) is 0.392. The summed E-state index contributed by atoms with van der Waals surface area (Å²) < 4.78 is 12.3. The Kier molecular flexibility index (Phi) is 2.60. The molecular formula is C8H8FNO. The molecule has 0 fully saturated rings. The van der Waals surface area contributed by atoms with E-state index < -0.39 is 0 Å². The van der Waals surface area contributed by atoms with E-state index in [0.29, 0.717) is 6.42 Å². The van der Waals surface area contributed by atoms with Gasteiger partial charge in [-0.15, -0.1) is 5.16 Å². The van der Waals surface area contributed by atoms with E-state index in [-0.39, 0.29) is 5.82 Å². The molecule has 0 spiro atoms. The van der Waals surface area contributed by atoms with Gasteiger partial charge < -0.3 is 5.21 Å². The van der Waals surface area contributed by atoms with E-state index in [0.717, 1.165) is 5.56 Å². The van der Waals surface area contributed by atoms with E-state index in [1.807, 2.05) is 0 Å². The number of nitrogens with zero attached hydrogens (tertiary/aromatic N) is 1. The molecule has 0 aliphatic carbocycles. The smallest absolute Gasteiger partial charge is 0.123 e. The molecule has 58 valence electrons. The van der Waals surface area contributed by atoms with Gasteiger partial charge in [-0.3, -0.25) is 0 Å². The highest BCUT2D eigenvalue weighted by molar-refractivity contribution is 5.60. The second-order valence-corrected chi connectivity index (χ2v) is 2.13. The van der Waals surface area contributed by atoms with Gasteiger partial charge in [0.1, 0.15) is 5.82 Å². The van der Waals surface area contributed by atoms with Gasteiger partial charge in [0.15, 0.2) is 0 Å². The van der Waals surface area contributed by atoms with Crippen LogP contribution in [0.25, 0.3) is 0 Å². The summed E-state index contributed by atoms with van der Waals surface area (Å²) in [4.78, 5) is 0. The Morgan fingerprint density at radius 2 is 2.00 bits per heavy atom. The lowest BCUT2D eigenvalue weighted by molar-refractivity contribution is 0.321. The molecule has 0 saturated heterocycles. The van der Waals surface area contributed by atoms with E-state index in [2.05, 4.69) is 5.16 Å². The van der Waals surface area contributed by atoms with Gasteiger partial charge in [0.25, 0.3) is 0 Å². The van der Waals surface area contributed by atoms with Crippen LogP contribution in [-0.2, 0) is 6.42 Å². The molecule has 0 radical (unpaired) electrons. The number of hydrogen-bond donors (Lipinski definition) is 1. The lowest BCUT2D eigenvalue weighted by Crippen LogP contribution is -1.85. The molecule has 0 amide bonds. The normalized spacial score (nSPS) is 10.6. The fraction of sp³-hybridized carbons (Fsp3) is 0.125. The maximum Gasteiger partial charge on any atom is 0.123 e. The summed E-state index contributed by atoms with van der Waals surface area (Å²) >= 11 is 0. The largest absolute Gasteiger partial charge is 0.411 e. The zero-order valence-electron chi connectivity index (χ0n) is 5.87. The lowest BCUT2D eigenvalue weighted by Gasteiger charge is -1.93. The van der Waals surface area contributed by atoms with Gasteiger partial charge >= 0.3 is 0 Å². The average Bonchev–Trinajstić information content (AvgIpc) is 2.04. The molecule has 0 heterocycles. The van der Waals surface area contributed by atoms with E-state index in [1.54, 1.807) is 12.1 Å². The van der Waals surface area contributed by atoms with Crippen molar-refractivity contribution in [1.29, 1.82) is 0 Å². The first-order valence-corrected chi connectivity index (χ1v) is 3.23. The molecule has 11 heavy (non-hydrogen) atoms. The predicted octanol–water partition coefficient (Wildman–Crippen LogP) is 1.83. The van der Waals surface area contributed by atoms with E-state index in [9.17, 15) is 4.39 Å². The molecule has 3 heteroatoms. The molecule has 0 unspecified atom stereocenters. The van der Waals surface area contributed by atoms with Crippen LogP contribution in [0.5, 0.6) is 0 Å². The topological polar surface area (TPSA) is 32.6 Å². The van der Waals surface area contributed by atoms with Crippen LogP contribution in [0.3, 0.4) is 0 Å². The molecule has 0 bridgehead atoms. The van der Waals surface area contributed by atoms with Crippen molar-refractivity contribution in [2.45, 2.75) is 6.42 Å². The van der Waals surface area contributed by atoms with Gasteiger partial charge in [-0.2, -0.15) is 0 Å². The first kappa shape index (κ1) is 7.72. The Morgan fingerprint density at radius 1 is 1.36 bits per heavy atom. The van der Waals surface area contributed by atoms with Crippen molar-refractivity contribution in [3.8, 4) is 0 Å². The number of halogens is 1. The molecule has 1 aromatic carbocycles. The summed E-state index contributed by atoms with van der Waals surface area (Å²) in [6.07, 6.45) is 1.88. The van der Waals surface area contributed by atoms with Crippen LogP contribution in [0.2, 0.25) is 0 Å². The van der Waals surface area contributed by atoms with E-state index in [1.165, 1.54) is 18.3 Å². The fourth-order valence-corrected chi connectivity index (χ4v) is 0.767. The minimum absolute atomic E-state index is 0.255. The molecule has 1 N–H and O–H groups in total. The van der Waals surface area contributed by atoms with Crippen LogP contribution >= 0.6 is 0 Å². The third-order valence-electron chi connectivity index (χ3n) is 1.32. The Bertz CT molecular complexity index is 243. The fourth-order valence-electron chi connectivity index (χ4n) is 0.767. The molecule has 0 aliphatic heterocycles. The summed E-state index contributed by atoms with van der Waals surface area (Å²) in [5.41, 5.74) is 0.921. The number of benzene rings is 1. The van der Waals surface area contributed by atoms with Crippen LogP contribution < -0.4 is 0 Å². The van der Waals surface area contributed by atoms with Crippen LogP contribution in [0.1, 0.15) is 5.56 Å². The number of hydrogen-bond acceptors (Lipinski definition) is 2. The summed E-state index contributed by atoms with van der Waals surface area (Å²) in [6, 6.07) is 6.05. The number of oxime groups is 1. The zero-order chi connectivity index (χ0) is 8.10. The van der Waals surface area contributed by atoms with Gasteiger partial charge in [0, 0.05) is 12.6 Å². The Morgan fingerprint density at radius 3 is 2.55 bits per heavy atom. The highest BCUT2D eigenvalue weighted by Gasteiger charge is 1.90. The van der Waals surface area contributed by atoms with Gasteiger partial charge in [-0.05, 0) is 17.7 Å². The van der Waals surface area contributed by atoms with Crippen LogP contribution in [0.15, 0.2) is 29.4 Å². The summed E-state index contributed by atoms with van der Waals surface area (Å²) in [5.74, 6) is -0.255.